The van der Waals surface area contributed by atoms with Crippen LogP contribution in [0.3, 0.4) is 0 Å². The predicted molar refractivity (Wildman–Crippen MR) is 83.0 cm³/mol. The van der Waals surface area contributed by atoms with Crippen LogP contribution in [0, 0.1) is 0 Å². The summed E-state index contributed by atoms with van der Waals surface area (Å²) >= 11 is 0. The van der Waals surface area contributed by atoms with Crippen molar-refractivity contribution in [2.75, 3.05) is 33.3 Å². The Bertz CT molecular complexity index is 665. The summed E-state index contributed by atoms with van der Waals surface area (Å²) in [5.74, 6) is 0.903. The van der Waals surface area contributed by atoms with Crippen molar-refractivity contribution in [2.45, 2.75) is 12.2 Å². The highest BCUT2D eigenvalue weighted by molar-refractivity contribution is 5.43. The molecule has 7 heteroatoms. The summed E-state index contributed by atoms with van der Waals surface area (Å²) in [7, 11) is 1.38. The van der Waals surface area contributed by atoms with Crippen molar-refractivity contribution in [2.24, 2.45) is 0 Å². The second-order valence-electron chi connectivity index (χ2n) is 5.66. The fourth-order valence-corrected chi connectivity index (χ4v) is 3.03. The van der Waals surface area contributed by atoms with Gasteiger partial charge in [0.15, 0.2) is 0 Å². The van der Waals surface area contributed by atoms with Gasteiger partial charge in [-0.3, -0.25) is 4.90 Å². The molecule has 130 valence electrons. The van der Waals surface area contributed by atoms with Crippen molar-refractivity contribution >= 4 is 0 Å². The first-order valence-electron chi connectivity index (χ1n) is 7.74. The normalized spacial score (nSPS) is 17.7. The lowest BCUT2D eigenvalue weighted by Crippen LogP contribution is -2.45. The molecule has 4 nitrogen and oxygen atoms in total. The van der Waals surface area contributed by atoms with Crippen LogP contribution in [0.2, 0.25) is 0 Å². The largest absolute Gasteiger partial charge is 0.496 e. The number of nitrogens with zero attached hydrogens (tertiary/aromatic N) is 1. The molecule has 1 N–H and O–H groups in total. The molecule has 2 aromatic rings. The first-order valence-corrected chi connectivity index (χ1v) is 7.74. The molecule has 1 fully saturated rings. The number of hydrogen-bond donors (Lipinski definition) is 1. The zero-order valence-electron chi connectivity index (χ0n) is 13.3. The highest BCUT2D eigenvalue weighted by Crippen LogP contribution is 2.39. The van der Waals surface area contributed by atoms with Gasteiger partial charge in [-0.1, -0.05) is 6.07 Å². The van der Waals surface area contributed by atoms with Crippen molar-refractivity contribution in [3.8, 4) is 5.75 Å². The van der Waals surface area contributed by atoms with E-state index in [2.05, 4.69) is 10.2 Å². The molecule has 1 aromatic heterocycles. The van der Waals surface area contributed by atoms with Gasteiger partial charge in [0, 0.05) is 31.7 Å². The van der Waals surface area contributed by atoms with Crippen molar-refractivity contribution < 1.29 is 22.3 Å². The van der Waals surface area contributed by atoms with E-state index >= 15 is 0 Å². The number of furan rings is 1. The number of nitrogens with one attached hydrogen (secondary N) is 1. The number of methoxy groups -OCH3 is 1. The van der Waals surface area contributed by atoms with Crippen LogP contribution in [-0.2, 0) is 6.18 Å². The standard InChI is InChI=1S/C17H19F3N2O2/c1-23-15-11-12(17(18,19)20)4-5-13(15)16(14-3-2-10-24-14)22-8-6-21-7-9-22/h2-5,10-11,16,21H,6-9H2,1H3/t16-/m1/s1. The van der Waals surface area contributed by atoms with Gasteiger partial charge in [0.05, 0.1) is 25.0 Å². The Labute approximate surface area is 138 Å². The smallest absolute Gasteiger partial charge is 0.416 e. The Morgan fingerprint density at radius 3 is 2.54 bits per heavy atom. The van der Waals surface area contributed by atoms with E-state index < -0.39 is 11.7 Å². The average molecular weight is 340 g/mol. The van der Waals surface area contributed by atoms with Crippen LogP contribution in [0.5, 0.6) is 5.75 Å². The predicted octanol–water partition coefficient (Wildman–Crippen LogP) is 3.30. The quantitative estimate of drug-likeness (QED) is 0.927. The molecule has 0 spiro atoms. The van der Waals surface area contributed by atoms with Crippen LogP contribution in [-0.4, -0.2) is 38.2 Å². The molecular weight excluding hydrogens is 321 g/mol. The third-order valence-electron chi connectivity index (χ3n) is 4.18. The molecule has 1 atom stereocenters. The molecule has 0 saturated carbocycles. The van der Waals surface area contributed by atoms with Gasteiger partial charge in [-0.25, -0.2) is 0 Å². The summed E-state index contributed by atoms with van der Waals surface area (Å²) in [5.41, 5.74) is -0.0519. The number of halogens is 3. The highest BCUT2D eigenvalue weighted by atomic mass is 19.4. The van der Waals surface area contributed by atoms with E-state index in [4.69, 9.17) is 9.15 Å². The monoisotopic (exact) mass is 340 g/mol. The molecule has 0 unspecified atom stereocenters. The zero-order chi connectivity index (χ0) is 17.2. The van der Waals surface area contributed by atoms with Crippen LogP contribution < -0.4 is 10.1 Å². The number of ether oxygens (including phenoxy) is 1. The molecular formula is C17H19F3N2O2. The summed E-state index contributed by atoms with van der Waals surface area (Å²) in [6.45, 7) is 3.19. The van der Waals surface area contributed by atoms with Crippen molar-refractivity contribution in [3.63, 3.8) is 0 Å². The second-order valence-corrected chi connectivity index (χ2v) is 5.66. The van der Waals surface area contributed by atoms with Gasteiger partial charge in [-0.2, -0.15) is 13.2 Å². The molecule has 24 heavy (non-hydrogen) atoms. The Balaban J connectivity index is 2.04. The topological polar surface area (TPSA) is 37.6 Å². The van der Waals surface area contributed by atoms with Crippen molar-refractivity contribution in [3.05, 3.63) is 53.5 Å². The van der Waals surface area contributed by atoms with Gasteiger partial charge in [-0.15, -0.1) is 0 Å². The number of piperazine rings is 1. The first kappa shape index (κ1) is 16.9. The average Bonchev–Trinajstić information content (AvgIpc) is 3.09. The summed E-state index contributed by atoms with van der Waals surface area (Å²) in [6, 6.07) is 6.96. The van der Waals surface area contributed by atoms with Gasteiger partial charge >= 0.3 is 6.18 Å². The van der Waals surface area contributed by atoms with E-state index in [0.29, 0.717) is 11.3 Å². The van der Waals surface area contributed by atoms with Gasteiger partial charge < -0.3 is 14.5 Å². The molecule has 0 radical (unpaired) electrons. The van der Waals surface area contributed by atoms with Crippen molar-refractivity contribution in [1.82, 2.24) is 10.2 Å². The zero-order valence-corrected chi connectivity index (χ0v) is 13.3. The summed E-state index contributed by atoms with van der Waals surface area (Å²) in [4.78, 5) is 2.18. The third-order valence-corrected chi connectivity index (χ3v) is 4.18. The minimum absolute atomic E-state index is 0.213. The lowest BCUT2D eigenvalue weighted by Gasteiger charge is -2.34. The molecule has 0 aliphatic carbocycles. The molecule has 0 bridgehead atoms. The Hall–Kier alpha value is -1.99. The fraction of sp³-hybridized carbons (Fsp3) is 0.412. The lowest BCUT2D eigenvalue weighted by atomic mass is 9.99. The van der Waals surface area contributed by atoms with Crippen molar-refractivity contribution in [1.29, 1.82) is 0 Å². The van der Waals surface area contributed by atoms with Crippen LogP contribution in [0.1, 0.15) is 22.9 Å². The highest BCUT2D eigenvalue weighted by Gasteiger charge is 2.34. The van der Waals surface area contributed by atoms with E-state index in [1.165, 1.54) is 13.2 Å². The number of benzene rings is 1. The maximum atomic E-state index is 13.0. The lowest BCUT2D eigenvalue weighted by molar-refractivity contribution is -0.137. The molecule has 0 amide bonds. The van der Waals surface area contributed by atoms with E-state index in [1.807, 2.05) is 6.07 Å². The Morgan fingerprint density at radius 2 is 1.96 bits per heavy atom. The van der Waals surface area contributed by atoms with E-state index in [9.17, 15) is 13.2 Å². The number of hydrogen-bond acceptors (Lipinski definition) is 4. The summed E-state index contributed by atoms with van der Waals surface area (Å²) < 4.78 is 49.7. The first-order chi connectivity index (χ1) is 11.5. The van der Waals surface area contributed by atoms with E-state index in [1.54, 1.807) is 12.3 Å². The third kappa shape index (κ3) is 3.42. The van der Waals surface area contributed by atoms with Crippen LogP contribution in [0.15, 0.2) is 41.0 Å². The number of alkyl halides is 3. The van der Waals surface area contributed by atoms with Crippen LogP contribution >= 0.6 is 0 Å². The molecule has 3 rings (SSSR count). The minimum Gasteiger partial charge on any atom is -0.496 e. The second kappa shape index (κ2) is 6.86. The molecule has 1 aromatic carbocycles. The molecule has 2 heterocycles. The van der Waals surface area contributed by atoms with Crippen LogP contribution in [0.4, 0.5) is 13.2 Å². The van der Waals surface area contributed by atoms with Crippen LogP contribution in [0.25, 0.3) is 0 Å². The maximum Gasteiger partial charge on any atom is 0.416 e. The van der Waals surface area contributed by atoms with Gasteiger partial charge in [0.25, 0.3) is 0 Å². The maximum absolute atomic E-state index is 13.0. The number of rotatable bonds is 4. The molecule has 1 aliphatic rings. The van der Waals surface area contributed by atoms with Gasteiger partial charge in [0.1, 0.15) is 11.5 Å². The summed E-state index contributed by atoms with van der Waals surface area (Å²) in [6.07, 6.45) is -2.83. The van der Waals surface area contributed by atoms with Gasteiger partial charge in [0.2, 0.25) is 0 Å². The Kier molecular flexibility index (Phi) is 4.82. The van der Waals surface area contributed by atoms with Gasteiger partial charge in [-0.05, 0) is 24.3 Å². The summed E-state index contributed by atoms with van der Waals surface area (Å²) in [5, 5.41) is 3.27. The minimum atomic E-state index is -4.40. The van der Waals surface area contributed by atoms with E-state index in [-0.39, 0.29) is 11.8 Å². The SMILES string of the molecule is COc1cc(C(F)(F)F)ccc1[C@H](c1ccco1)N1CCNCC1. The Morgan fingerprint density at radius 1 is 1.21 bits per heavy atom. The fourth-order valence-electron chi connectivity index (χ4n) is 3.03. The van der Waals surface area contributed by atoms with E-state index in [0.717, 1.165) is 38.3 Å². The molecule has 1 saturated heterocycles. The molecule has 1 aliphatic heterocycles.